The second kappa shape index (κ2) is 7.51. The van der Waals surface area contributed by atoms with E-state index in [1.807, 2.05) is 0 Å². The summed E-state index contributed by atoms with van der Waals surface area (Å²) in [4.78, 5) is 0. The Morgan fingerprint density at radius 3 is 2.67 bits per heavy atom. The van der Waals surface area contributed by atoms with Gasteiger partial charge in [-0.05, 0) is 63.5 Å². The molecule has 0 radical (unpaired) electrons. The third-order valence-corrected chi connectivity index (χ3v) is 3.42. The van der Waals surface area contributed by atoms with Gasteiger partial charge in [0.05, 0.1) is 6.10 Å². The van der Waals surface area contributed by atoms with Gasteiger partial charge in [0.25, 0.3) is 0 Å². The normalized spacial score (nSPS) is 11.7. The molecule has 0 saturated carbocycles. The molecule has 0 fully saturated rings. The quantitative estimate of drug-likeness (QED) is 0.741. The van der Waals surface area contributed by atoms with E-state index in [0.717, 1.165) is 37.7 Å². The maximum Gasteiger partial charge on any atom is 0.120 e. The Balaban J connectivity index is 1.92. The van der Waals surface area contributed by atoms with E-state index < -0.39 is 0 Å². The third kappa shape index (κ3) is 4.78. The first-order valence-corrected chi connectivity index (χ1v) is 8.02. The summed E-state index contributed by atoms with van der Waals surface area (Å²) < 4.78 is 8.07. The zero-order valence-corrected chi connectivity index (χ0v) is 13.7. The number of nitrogens with one attached hydrogen (secondary N) is 1. The fourth-order valence-electron chi connectivity index (χ4n) is 2.48. The van der Waals surface area contributed by atoms with Crippen LogP contribution in [0.4, 0.5) is 0 Å². The van der Waals surface area contributed by atoms with Crippen LogP contribution in [0.3, 0.4) is 0 Å². The predicted octanol–water partition coefficient (Wildman–Crippen LogP) is 4.06. The summed E-state index contributed by atoms with van der Waals surface area (Å²) in [6.07, 6.45) is 3.55. The Kier molecular flexibility index (Phi) is 5.68. The van der Waals surface area contributed by atoms with Crippen LogP contribution >= 0.6 is 0 Å². The van der Waals surface area contributed by atoms with E-state index in [-0.39, 0.29) is 6.10 Å². The van der Waals surface area contributed by atoms with Crippen LogP contribution < -0.4 is 10.1 Å². The molecule has 1 aromatic heterocycles. The molecule has 21 heavy (non-hydrogen) atoms. The molecule has 1 aromatic carbocycles. The largest absolute Gasteiger partial charge is 0.491 e. The van der Waals surface area contributed by atoms with Gasteiger partial charge in [-0.25, -0.2) is 0 Å². The average Bonchev–Trinajstić information content (AvgIpc) is 2.80. The van der Waals surface area contributed by atoms with Crippen LogP contribution in [-0.2, 0) is 6.54 Å². The molecule has 0 aliphatic heterocycles. The summed E-state index contributed by atoms with van der Waals surface area (Å²) in [5, 5.41) is 4.75. The lowest BCUT2D eigenvalue weighted by molar-refractivity contribution is 0.243. The Morgan fingerprint density at radius 1 is 1.14 bits per heavy atom. The lowest BCUT2D eigenvalue weighted by Gasteiger charge is -2.11. The Bertz CT molecular complexity index is 557. The van der Waals surface area contributed by atoms with Crippen LogP contribution in [0, 0.1) is 5.92 Å². The van der Waals surface area contributed by atoms with Crippen molar-refractivity contribution in [3.8, 4) is 5.75 Å². The van der Waals surface area contributed by atoms with E-state index >= 15 is 0 Å². The van der Waals surface area contributed by atoms with Gasteiger partial charge >= 0.3 is 0 Å². The Hall–Kier alpha value is -1.48. The molecule has 3 nitrogen and oxygen atoms in total. The van der Waals surface area contributed by atoms with Crippen LogP contribution in [-0.4, -0.2) is 23.8 Å². The van der Waals surface area contributed by atoms with Crippen molar-refractivity contribution >= 4 is 10.9 Å². The minimum absolute atomic E-state index is 0.219. The number of fused-ring (bicyclic) bond motifs is 1. The van der Waals surface area contributed by atoms with Crippen LogP contribution in [0.1, 0.15) is 34.1 Å². The summed E-state index contributed by atoms with van der Waals surface area (Å²) in [6, 6.07) is 8.53. The van der Waals surface area contributed by atoms with E-state index in [4.69, 9.17) is 4.74 Å². The number of ether oxygens (including phenoxy) is 1. The monoisotopic (exact) mass is 288 g/mol. The summed E-state index contributed by atoms with van der Waals surface area (Å²) in [5.41, 5.74) is 1.29. The van der Waals surface area contributed by atoms with Gasteiger partial charge in [-0.15, -0.1) is 0 Å². The van der Waals surface area contributed by atoms with Crippen molar-refractivity contribution in [2.24, 2.45) is 5.92 Å². The van der Waals surface area contributed by atoms with E-state index in [0.29, 0.717) is 0 Å². The number of hydrogen-bond acceptors (Lipinski definition) is 2. The zero-order valence-electron chi connectivity index (χ0n) is 13.7. The molecule has 0 spiro atoms. The van der Waals surface area contributed by atoms with E-state index in [9.17, 15) is 0 Å². The first-order chi connectivity index (χ1) is 10.1. The third-order valence-electron chi connectivity index (χ3n) is 3.42. The summed E-state index contributed by atoms with van der Waals surface area (Å²) >= 11 is 0. The molecule has 0 bridgehead atoms. The molecule has 0 aliphatic carbocycles. The van der Waals surface area contributed by atoms with Gasteiger partial charge in [-0.3, -0.25) is 0 Å². The highest BCUT2D eigenvalue weighted by Gasteiger charge is 2.04. The average molecular weight is 288 g/mol. The predicted molar refractivity (Wildman–Crippen MR) is 90.0 cm³/mol. The highest BCUT2D eigenvalue weighted by molar-refractivity contribution is 5.81. The van der Waals surface area contributed by atoms with E-state index in [1.165, 1.54) is 10.9 Å². The van der Waals surface area contributed by atoms with Gasteiger partial charge in [0.2, 0.25) is 0 Å². The number of aromatic nitrogens is 1. The molecule has 0 saturated heterocycles. The molecule has 2 rings (SSSR count). The number of rotatable bonds is 8. The lowest BCUT2D eigenvalue weighted by Crippen LogP contribution is -2.21. The second-order valence-electron chi connectivity index (χ2n) is 6.35. The molecule has 1 heterocycles. The summed E-state index contributed by atoms with van der Waals surface area (Å²) in [7, 11) is 0. The fraction of sp³-hybridized carbons (Fsp3) is 0.556. The minimum atomic E-state index is 0.219. The summed E-state index contributed by atoms with van der Waals surface area (Å²) in [6.45, 7) is 11.8. The summed E-state index contributed by atoms with van der Waals surface area (Å²) in [5.74, 6) is 1.67. The second-order valence-corrected chi connectivity index (χ2v) is 6.35. The van der Waals surface area contributed by atoms with Gasteiger partial charge in [-0.2, -0.15) is 0 Å². The zero-order chi connectivity index (χ0) is 15.2. The van der Waals surface area contributed by atoms with Crippen molar-refractivity contribution in [2.45, 2.75) is 46.8 Å². The van der Waals surface area contributed by atoms with Gasteiger partial charge in [0.15, 0.2) is 0 Å². The Labute approximate surface area is 128 Å². The number of benzene rings is 1. The lowest BCUT2D eigenvalue weighted by atomic mass is 10.2. The molecule has 3 heteroatoms. The highest BCUT2D eigenvalue weighted by Crippen LogP contribution is 2.23. The molecular formula is C18H28N2O. The van der Waals surface area contributed by atoms with Crippen LogP contribution in [0.2, 0.25) is 0 Å². The maximum absolute atomic E-state index is 5.75. The van der Waals surface area contributed by atoms with Crippen molar-refractivity contribution in [1.29, 1.82) is 0 Å². The molecule has 2 aromatic rings. The van der Waals surface area contributed by atoms with Crippen molar-refractivity contribution in [2.75, 3.05) is 13.1 Å². The maximum atomic E-state index is 5.75. The van der Waals surface area contributed by atoms with E-state index in [1.54, 1.807) is 0 Å². The molecule has 0 atom stereocenters. The number of hydrogen-bond donors (Lipinski definition) is 1. The first-order valence-electron chi connectivity index (χ1n) is 8.02. The van der Waals surface area contributed by atoms with Crippen LogP contribution in [0.15, 0.2) is 30.5 Å². The molecule has 116 valence electrons. The molecular weight excluding hydrogens is 260 g/mol. The smallest absolute Gasteiger partial charge is 0.120 e. The van der Waals surface area contributed by atoms with Gasteiger partial charge in [0, 0.05) is 23.6 Å². The highest BCUT2D eigenvalue weighted by atomic mass is 16.5. The number of aryl methyl sites for hydroxylation is 1. The van der Waals surface area contributed by atoms with Crippen molar-refractivity contribution in [3.05, 3.63) is 30.5 Å². The molecule has 0 aliphatic rings. The van der Waals surface area contributed by atoms with Crippen molar-refractivity contribution in [3.63, 3.8) is 0 Å². The van der Waals surface area contributed by atoms with Gasteiger partial charge in [-0.1, -0.05) is 13.8 Å². The van der Waals surface area contributed by atoms with Crippen LogP contribution in [0.25, 0.3) is 10.9 Å². The van der Waals surface area contributed by atoms with Gasteiger partial charge in [0.1, 0.15) is 5.75 Å². The van der Waals surface area contributed by atoms with Crippen molar-refractivity contribution < 1.29 is 4.74 Å². The van der Waals surface area contributed by atoms with E-state index in [2.05, 4.69) is 68.0 Å². The van der Waals surface area contributed by atoms with Gasteiger partial charge < -0.3 is 14.6 Å². The minimum Gasteiger partial charge on any atom is -0.491 e. The SMILES string of the molecule is CC(C)CNCCCn1ccc2cc(OC(C)C)ccc21. The molecule has 1 N–H and O–H groups in total. The fourth-order valence-corrected chi connectivity index (χ4v) is 2.48. The van der Waals surface area contributed by atoms with Crippen LogP contribution in [0.5, 0.6) is 5.75 Å². The first kappa shape index (κ1) is 15.9. The Morgan fingerprint density at radius 2 is 1.95 bits per heavy atom. The molecule has 0 unspecified atom stereocenters. The topological polar surface area (TPSA) is 26.2 Å². The number of nitrogens with zero attached hydrogens (tertiary/aromatic N) is 1. The molecule has 0 amide bonds. The standard InChI is InChI=1S/C18H28N2O/c1-14(2)13-19-9-5-10-20-11-8-16-12-17(21-15(3)4)6-7-18(16)20/h6-8,11-12,14-15,19H,5,9-10,13H2,1-4H3. The van der Waals surface area contributed by atoms with Crippen molar-refractivity contribution in [1.82, 2.24) is 9.88 Å².